The molecule has 0 aliphatic rings. The Hall–Kier alpha value is -1.40. The maximum Gasteiger partial charge on any atom is 0.255 e. The summed E-state index contributed by atoms with van der Waals surface area (Å²) in [7, 11) is -3.67. The van der Waals surface area contributed by atoms with E-state index >= 15 is 0 Å². The predicted octanol–water partition coefficient (Wildman–Crippen LogP) is 1.67. The highest BCUT2D eigenvalue weighted by molar-refractivity contribution is 7.91. The van der Waals surface area contributed by atoms with Gasteiger partial charge in [0.1, 0.15) is 20.8 Å². The van der Waals surface area contributed by atoms with E-state index in [0.717, 1.165) is 11.3 Å². The molecular weight excluding hydrogens is 284 g/mol. The lowest BCUT2D eigenvalue weighted by Crippen LogP contribution is -2.13. The first-order valence-corrected chi connectivity index (χ1v) is 7.37. The summed E-state index contributed by atoms with van der Waals surface area (Å²) < 4.78 is 47.8. The maximum absolute atomic E-state index is 12.1. The van der Waals surface area contributed by atoms with E-state index in [0.29, 0.717) is 0 Å². The smallest absolute Gasteiger partial charge is 0.255 e. The molecular formula is C9H11F2N3O2S2. The SMILES string of the molecule is CCS(=O)(=O)c1c(NCC(F)F)sc(C#N)c1N. The molecule has 0 unspecified atom stereocenters. The van der Waals surface area contributed by atoms with E-state index in [2.05, 4.69) is 5.32 Å². The standard InChI is InChI=1S/C9H11F2N3O2S2/c1-2-18(15,16)8-7(13)5(3-12)17-9(8)14-4-6(10)11/h6,14H,2,4,13H2,1H3. The molecule has 1 rings (SSSR count). The van der Waals surface area contributed by atoms with Gasteiger partial charge < -0.3 is 11.1 Å². The van der Waals surface area contributed by atoms with E-state index in [1.165, 1.54) is 6.92 Å². The predicted molar refractivity (Wildman–Crippen MR) is 65.7 cm³/mol. The van der Waals surface area contributed by atoms with Crippen molar-refractivity contribution in [1.29, 1.82) is 5.26 Å². The Balaban J connectivity index is 3.30. The number of nitrogens with two attached hydrogens (primary N) is 1. The lowest BCUT2D eigenvalue weighted by Gasteiger charge is -2.07. The zero-order chi connectivity index (χ0) is 13.9. The Bertz CT molecular complexity index is 575. The summed E-state index contributed by atoms with van der Waals surface area (Å²) in [6.07, 6.45) is -2.63. The number of nitrogens with one attached hydrogen (secondary N) is 1. The van der Waals surface area contributed by atoms with E-state index in [-0.39, 0.29) is 26.2 Å². The summed E-state index contributed by atoms with van der Waals surface area (Å²) in [6, 6.07) is 1.74. The van der Waals surface area contributed by atoms with E-state index in [4.69, 9.17) is 11.0 Å². The van der Waals surface area contributed by atoms with Crippen LogP contribution in [0.3, 0.4) is 0 Å². The average Bonchev–Trinajstić information content (AvgIpc) is 2.63. The van der Waals surface area contributed by atoms with Gasteiger partial charge in [0, 0.05) is 0 Å². The Morgan fingerprint density at radius 2 is 2.17 bits per heavy atom. The molecule has 0 spiro atoms. The van der Waals surface area contributed by atoms with E-state index in [9.17, 15) is 17.2 Å². The fourth-order valence-electron chi connectivity index (χ4n) is 1.25. The first kappa shape index (κ1) is 14.7. The summed E-state index contributed by atoms with van der Waals surface area (Å²) >= 11 is 0.761. The largest absolute Gasteiger partial charge is 0.396 e. The molecule has 18 heavy (non-hydrogen) atoms. The van der Waals surface area contributed by atoms with E-state index < -0.39 is 22.8 Å². The minimum absolute atomic E-state index is 0.00112. The van der Waals surface area contributed by atoms with Crippen LogP contribution in [0.2, 0.25) is 0 Å². The second-order valence-corrected chi connectivity index (χ2v) is 6.53. The number of anilines is 2. The summed E-state index contributed by atoms with van der Waals surface area (Å²) in [4.78, 5) is -0.258. The Morgan fingerprint density at radius 3 is 2.61 bits per heavy atom. The summed E-state index contributed by atoms with van der Waals surface area (Å²) in [5.41, 5.74) is 5.38. The molecule has 0 aliphatic heterocycles. The van der Waals surface area contributed by atoms with Crippen LogP contribution in [0.5, 0.6) is 0 Å². The zero-order valence-corrected chi connectivity index (χ0v) is 11.0. The van der Waals surface area contributed by atoms with Crippen molar-refractivity contribution in [3.63, 3.8) is 0 Å². The number of hydrogen-bond acceptors (Lipinski definition) is 6. The van der Waals surface area contributed by atoms with Crippen molar-refractivity contribution in [2.75, 3.05) is 23.3 Å². The van der Waals surface area contributed by atoms with Crippen LogP contribution in [0.1, 0.15) is 11.8 Å². The summed E-state index contributed by atoms with van der Waals surface area (Å²) in [5, 5.41) is 11.1. The molecule has 1 heterocycles. The fraction of sp³-hybridized carbons (Fsp3) is 0.444. The normalized spacial score (nSPS) is 11.5. The summed E-state index contributed by atoms with van der Waals surface area (Å²) in [6.45, 7) is 0.715. The molecule has 100 valence electrons. The van der Waals surface area contributed by atoms with Gasteiger partial charge in [-0.05, 0) is 0 Å². The molecule has 0 radical (unpaired) electrons. The lowest BCUT2D eigenvalue weighted by atomic mass is 10.4. The third-order valence-electron chi connectivity index (χ3n) is 2.11. The number of alkyl halides is 2. The van der Waals surface area contributed by atoms with Crippen LogP contribution in [0, 0.1) is 11.3 Å². The molecule has 0 aliphatic carbocycles. The number of halogens is 2. The molecule has 0 aromatic carbocycles. The number of hydrogen-bond donors (Lipinski definition) is 2. The van der Waals surface area contributed by atoms with Crippen molar-refractivity contribution in [2.45, 2.75) is 18.2 Å². The van der Waals surface area contributed by atoms with Gasteiger partial charge in [-0.1, -0.05) is 6.92 Å². The number of rotatable bonds is 5. The van der Waals surface area contributed by atoms with Crippen LogP contribution in [0.25, 0.3) is 0 Å². The van der Waals surface area contributed by atoms with Crippen LogP contribution in [0.4, 0.5) is 19.5 Å². The third-order valence-corrected chi connectivity index (χ3v) is 5.11. The highest BCUT2D eigenvalue weighted by atomic mass is 32.2. The molecule has 1 aromatic heterocycles. The molecule has 0 fully saturated rings. The van der Waals surface area contributed by atoms with Crippen LogP contribution in [-0.2, 0) is 9.84 Å². The van der Waals surface area contributed by atoms with Gasteiger partial charge in [0.15, 0.2) is 9.84 Å². The molecule has 5 nitrogen and oxygen atoms in total. The number of nitrogens with zero attached hydrogens (tertiary/aromatic N) is 1. The molecule has 0 bridgehead atoms. The minimum Gasteiger partial charge on any atom is -0.396 e. The van der Waals surface area contributed by atoms with Crippen molar-refractivity contribution in [1.82, 2.24) is 0 Å². The van der Waals surface area contributed by atoms with Gasteiger partial charge in [0.05, 0.1) is 18.0 Å². The molecule has 3 N–H and O–H groups in total. The van der Waals surface area contributed by atoms with Crippen molar-refractivity contribution >= 4 is 31.9 Å². The van der Waals surface area contributed by atoms with Gasteiger partial charge >= 0.3 is 0 Å². The van der Waals surface area contributed by atoms with Gasteiger partial charge in [-0.25, -0.2) is 17.2 Å². The van der Waals surface area contributed by atoms with Gasteiger partial charge in [-0.2, -0.15) is 5.26 Å². The van der Waals surface area contributed by atoms with Gasteiger partial charge in [-0.15, -0.1) is 11.3 Å². The molecule has 0 saturated carbocycles. The quantitative estimate of drug-likeness (QED) is 0.861. The highest BCUT2D eigenvalue weighted by Gasteiger charge is 2.26. The molecule has 0 saturated heterocycles. The van der Waals surface area contributed by atoms with Crippen LogP contribution in [0.15, 0.2) is 4.90 Å². The molecule has 9 heteroatoms. The van der Waals surface area contributed by atoms with Gasteiger partial charge in [0.25, 0.3) is 6.43 Å². The van der Waals surface area contributed by atoms with Crippen LogP contribution < -0.4 is 11.1 Å². The monoisotopic (exact) mass is 295 g/mol. The first-order valence-electron chi connectivity index (χ1n) is 4.90. The molecule has 0 atom stereocenters. The van der Waals surface area contributed by atoms with E-state index in [1.807, 2.05) is 0 Å². The van der Waals surface area contributed by atoms with Crippen molar-refractivity contribution in [3.8, 4) is 6.07 Å². The first-order chi connectivity index (χ1) is 8.33. The highest BCUT2D eigenvalue weighted by Crippen LogP contribution is 2.39. The Labute approximate surface area is 107 Å². The lowest BCUT2D eigenvalue weighted by molar-refractivity contribution is 0.163. The van der Waals surface area contributed by atoms with Crippen molar-refractivity contribution < 1.29 is 17.2 Å². The van der Waals surface area contributed by atoms with Crippen LogP contribution in [-0.4, -0.2) is 27.1 Å². The summed E-state index contributed by atoms with van der Waals surface area (Å²) in [5.74, 6) is -0.220. The third kappa shape index (κ3) is 2.88. The minimum atomic E-state index is -3.67. The van der Waals surface area contributed by atoms with Crippen molar-refractivity contribution in [3.05, 3.63) is 4.88 Å². The van der Waals surface area contributed by atoms with Gasteiger partial charge in [-0.3, -0.25) is 0 Å². The Kier molecular flexibility index (Phi) is 4.48. The second-order valence-electron chi connectivity index (χ2n) is 3.29. The molecule has 0 amide bonds. The zero-order valence-electron chi connectivity index (χ0n) is 9.41. The van der Waals surface area contributed by atoms with Gasteiger partial charge in [0.2, 0.25) is 0 Å². The number of thiophene rings is 1. The number of nitriles is 1. The van der Waals surface area contributed by atoms with Crippen LogP contribution >= 0.6 is 11.3 Å². The number of nitrogen functional groups attached to an aromatic ring is 1. The Morgan fingerprint density at radius 1 is 1.56 bits per heavy atom. The van der Waals surface area contributed by atoms with E-state index in [1.54, 1.807) is 6.07 Å². The number of sulfone groups is 1. The maximum atomic E-state index is 12.1. The topological polar surface area (TPSA) is 96.0 Å². The fourth-order valence-corrected chi connectivity index (χ4v) is 3.72. The molecule has 1 aromatic rings. The second kappa shape index (κ2) is 5.49. The van der Waals surface area contributed by atoms with Crippen molar-refractivity contribution in [2.24, 2.45) is 0 Å². The average molecular weight is 295 g/mol.